The van der Waals surface area contributed by atoms with Crippen molar-refractivity contribution in [2.75, 3.05) is 26.4 Å². The van der Waals surface area contributed by atoms with Gasteiger partial charge in [0.1, 0.15) is 0 Å². The molecule has 0 saturated heterocycles. The molecule has 114 valence electrons. The topological polar surface area (TPSA) is 47.6 Å². The molecule has 0 aromatic heterocycles. The molecule has 0 saturated carbocycles. The van der Waals surface area contributed by atoms with E-state index in [9.17, 15) is 4.79 Å². The Morgan fingerprint density at radius 2 is 1.79 bits per heavy atom. The summed E-state index contributed by atoms with van der Waals surface area (Å²) in [5, 5.41) is 2.87. The molecule has 19 heavy (non-hydrogen) atoms. The number of carbonyl (C=O) groups excluding carboxylic acids is 1. The van der Waals surface area contributed by atoms with E-state index in [-0.39, 0.29) is 12.0 Å². The Labute approximate surface area is 118 Å². The average molecular weight is 273 g/mol. The Kier molecular flexibility index (Phi) is 12.0. The number of rotatable bonds is 12. The largest absolute Gasteiger partial charge is 0.380 e. The maximum Gasteiger partial charge on any atom is 0.220 e. The molecule has 0 aliphatic heterocycles. The van der Waals surface area contributed by atoms with Crippen LogP contribution in [0.1, 0.15) is 53.4 Å². The van der Waals surface area contributed by atoms with Crippen LogP contribution in [0.25, 0.3) is 0 Å². The normalized spacial score (nSPS) is 11.3. The lowest BCUT2D eigenvalue weighted by atomic mass is 10.1. The molecule has 0 aromatic rings. The van der Waals surface area contributed by atoms with Gasteiger partial charge in [0.2, 0.25) is 5.91 Å². The van der Waals surface area contributed by atoms with E-state index < -0.39 is 0 Å². The highest BCUT2D eigenvalue weighted by molar-refractivity contribution is 5.75. The van der Waals surface area contributed by atoms with Crippen molar-refractivity contribution in [3.05, 3.63) is 0 Å². The van der Waals surface area contributed by atoms with Gasteiger partial charge in [0.25, 0.3) is 0 Å². The van der Waals surface area contributed by atoms with Crippen LogP contribution < -0.4 is 5.32 Å². The van der Waals surface area contributed by atoms with Gasteiger partial charge in [0, 0.05) is 26.2 Å². The van der Waals surface area contributed by atoms with Crippen LogP contribution in [0, 0.1) is 5.92 Å². The second kappa shape index (κ2) is 12.4. The van der Waals surface area contributed by atoms with E-state index in [1.165, 1.54) is 0 Å². The smallest absolute Gasteiger partial charge is 0.220 e. The molecule has 0 heterocycles. The van der Waals surface area contributed by atoms with E-state index in [2.05, 4.69) is 19.2 Å². The third kappa shape index (κ3) is 15.3. The van der Waals surface area contributed by atoms with Gasteiger partial charge in [-0.25, -0.2) is 0 Å². The molecule has 0 fully saturated rings. The lowest BCUT2D eigenvalue weighted by Crippen LogP contribution is -2.27. The van der Waals surface area contributed by atoms with E-state index in [4.69, 9.17) is 9.47 Å². The number of hydrogen-bond acceptors (Lipinski definition) is 3. The summed E-state index contributed by atoms with van der Waals surface area (Å²) in [5.41, 5.74) is 0. The van der Waals surface area contributed by atoms with Gasteiger partial charge in [-0.15, -0.1) is 0 Å². The van der Waals surface area contributed by atoms with Crippen molar-refractivity contribution in [1.82, 2.24) is 5.32 Å². The van der Waals surface area contributed by atoms with E-state index >= 15 is 0 Å². The highest BCUT2D eigenvalue weighted by Gasteiger charge is 2.01. The summed E-state index contributed by atoms with van der Waals surface area (Å²) in [7, 11) is 0. The number of unbranched alkanes of at least 4 members (excludes halogenated alkanes) is 1. The highest BCUT2D eigenvalue weighted by Crippen LogP contribution is 1.99. The molecule has 0 rings (SSSR count). The van der Waals surface area contributed by atoms with Crippen LogP contribution in [0.15, 0.2) is 0 Å². The predicted molar refractivity (Wildman–Crippen MR) is 78.2 cm³/mol. The van der Waals surface area contributed by atoms with Crippen molar-refractivity contribution < 1.29 is 14.3 Å². The summed E-state index contributed by atoms with van der Waals surface area (Å²) in [6.07, 6.45) is 3.75. The van der Waals surface area contributed by atoms with Gasteiger partial charge in [0.15, 0.2) is 0 Å². The Bertz CT molecular complexity index is 217. The molecule has 0 spiro atoms. The summed E-state index contributed by atoms with van der Waals surface area (Å²) in [6.45, 7) is 11.1. The van der Waals surface area contributed by atoms with Gasteiger partial charge in [-0.1, -0.05) is 13.8 Å². The Morgan fingerprint density at radius 1 is 1.05 bits per heavy atom. The van der Waals surface area contributed by atoms with Gasteiger partial charge in [-0.05, 0) is 39.0 Å². The summed E-state index contributed by atoms with van der Waals surface area (Å²) in [4.78, 5) is 11.5. The highest BCUT2D eigenvalue weighted by atomic mass is 16.5. The van der Waals surface area contributed by atoms with Crippen LogP contribution in [0.4, 0.5) is 0 Å². The second-order valence-corrected chi connectivity index (χ2v) is 5.52. The van der Waals surface area contributed by atoms with Gasteiger partial charge >= 0.3 is 0 Å². The molecule has 0 unspecified atom stereocenters. The van der Waals surface area contributed by atoms with Crippen LogP contribution in [-0.2, 0) is 14.3 Å². The molecule has 0 aromatic carbocycles. The fourth-order valence-electron chi connectivity index (χ4n) is 1.48. The molecular weight excluding hydrogens is 242 g/mol. The van der Waals surface area contributed by atoms with Crippen molar-refractivity contribution in [3.63, 3.8) is 0 Å². The molecule has 0 aliphatic rings. The average Bonchev–Trinajstić information content (AvgIpc) is 2.32. The van der Waals surface area contributed by atoms with Crippen molar-refractivity contribution in [2.45, 2.75) is 59.5 Å². The fraction of sp³-hybridized carbons (Fsp3) is 0.933. The molecule has 4 nitrogen and oxygen atoms in total. The van der Waals surface area contributed by atoms with E-state index in [1.54, 1.807) is 0 Å². The molecule has 0 bridgehead atoms. The first-order valence-electron chi connectivity index (χ1n) is 7.48. The molecule has 1 N–H and O–H groups in total. The summed E-state index contributed by atoms with van der Waals surface area (Å²) < 4.78 is 10.8. The lowest BCUT2D eigenvalue weighted by Gasteiger charge is -2.08. The minimum absolute atomic E-state index is 0.108. The SMILES string of the molecule is CC(C)CCOCCNC(=O)CCCCOC(C)C. The van der Waals surface area contributed by atoms with E-state index in [1.807, 2.05) is 13.8 Å². The number of carbonyl (C=O) groups is 1. The zero-order valence-electron chi connectivity index (χ0n) is 13.0. The standard InChI is InChI=1S/C15H31NO3/c1-13(2)8-11-18-12-9-16-15(17)7-5-6-10-19-14(3)4/h13-14H,5-12H2,1-4H3,(H,16,17). The minimum atomic E-state index is 0.108. The zero-order chi connectivity index (χ0) is 14.5. The van der Waals surface area contributed by atoms with Crippen molar-refractivity contribution in [2.24, 2.45) is 5.92 Å². The van der Waals surface area contributed by atoms with Crippen LogP contribution >= 0.6 is 0 Å². The molecule has 4 heteroatoms. The van der Waals surface area contributed by atoms with Gasteiger partial charge in [-0.3, -0.25) is 4.79 Å². The van der Waals surface area contributed by atoms with Gasteiger partial charge < -0.3 is 14.8 Å². The summed E-state index contributed by atoms with van der Waals surface area (Å²) in [6, 6.07) is 0. The predicted octanol–water partition coefficient (Wildman–Crippen LogP) is 2.76. The van der Waals surface area contributed by atoms with E-state index in [0.29, 0.717) is 25.5 Å². The fourth-order valence-corrected chi connectivity index (χ4v) is 1.48. The number of hydrogen-bond donors (Lipinski definition) is 1. The van der Waals surface area contributed by atoms with Gasteiger partial charge in [0.05, 0.1) is 12.7 Å². The molecule has 0 aliphatic carbocycles. The molecule has 1 amide bonds. The summed E-state index contributed by atoms with van der Waals surface area (Å²) >= 11 is 0. The number of ether oxygens (including phenoxy) is 2. The lowest BCUT2D eigenvalue weighted by molar-refractivity contribution is -0.121. The van der Waals surface area contributed by atoms with Gasteiger partial charge in [-0.2, -0.15) is 0 Å². The van der Waals surface area contributed by atoms with E-state index in [0.717, 1.165) is 32.5 Å². The van der Waals surface area contributed by atoms with Crippen LogP contribution in [0.5, 0.6) is 0 Å². The van der Waals surface area contributed by atoms with Crippen molar-refractivity contribution in [1.29, 1.82) is 0 Å². The number of nitrogens with one attached hydrogen (secondary N) is 1. The van der Waals surface area contributed by atoms with Crippen LogP contribution in [0.2, 0.25) is 0 Å². The van der Waals surface area contributed by atoms with Crippen LogP contribution in [-0.4, -0.2) is 38.4 Å². The maximum atomic E-state index is 11.5. The molecular formula is C15H31NO3. The first-order chi connectivity index (χ1) is 9.02. The Balaban J connectivity index is 3.21. The second-order valence-electron chi connectivity index (χ2n) is 5.52. The molecule has 0 radical (unpaired) electrons. The molecule has 0 atom stereocenters. The quantitative estimate of drug-likeness (QED) is 0.556. The summed E-state index contributed by atoms with van der Waals surface area (Å²) in [5.74, 6) is 0.777. The number of amides is 1. The Hall–Kier alpha value is -0.610. The minimum Gasteiger partial charge on any atom is -0.380 e. The monoisotopic (exact) mass is 273 g/mol. The first-order valence-corrected chi connectivity index (χ1v) is 7.48. The zero-order valence-corrected chi connectivity index (χ0v) is 13.0. The van der Waals surface area contributed by atoms with Crippen molar-refractivity contribution in [3.8, 4) is 0 Å². The van der Waals surface area contributed by atoms with Crippen LogP contribution in [0.3, 0.4) is 0 Å². The maximum absolute atomic E-state index is 11.5. The third-order valence-electron chi connectivity index (χ3n) is 2.66. The first kappa shape index (κ1) is 18.4. The third-order valence-corrected chi connectivity index (χ3v) is 2.66. The van der Waals surface area contributed by atoms with Crippen molar-refractivity contribution >= 4 is 5.91 Å². The Morgan fingerprint density at radius 3 is 2.42 bits per heavy atom.